The first kappa shape index (κ1) is 11.0. The van der Waals surface area contributed by atoms with E-state index in [2.05, 4.69) is 0 Å². The Morgan fingerprint density at radius 2 is 0.946 bits per heavy atom. The maximum Gasteiger partial charge on any atom is 0.143 e. The van der Waals surface area contributed by atoms with Crippen molar-refractivity contribution in [2.24, 2.45) is 0 Å². The zero-order valence-corrected chi connectivity index (χ0v) is 19.0. The standard InChI is InChI=1S/C36H22O/c1-2-13-24-23(11-1)12-9-19-26(24)34-27-15-3-5-17-29(27)35(30-18-6-4-16-28(30)34)32-21-10-20-31-25-14-7-8-22-33(25)37-36(31)32/h1-22H/i1D,2D,7D,8D,9D,10D,11D,12D,13D,14D,19D,20D,21D,22D. The van der Waals surface area contributed by atoms with Gasteiger partial charge in [-0.3, -0.25) is 0 Å². The van der Waals surface area contributed by atoms with Gasteiger partial charge in [0.1, 0.15) is 11.2 Å². The van der Waals surface area contributed by atoms with E-state index in [0.717, 1.165) is 0 Å². The number of rotatable bonds is 2. The van der Waals surface area contributed by atoms with Gasteiger partial charge in [-0.15, -0.1) is 0 Å². The number of benzene rings is 7. The molecule has 0 spiro atoms. The van der Waals surface area contributed by atoms with E-state index in [1.165, 1.54) is 0 Å². The highest BCUT2D eigenvalue weighted by atomic mass is 16.3. The van der Waals surface area contributed by atoms with Gasteiger partial charge in [0.25, 0.3) is 0 Å². The Morgan fingerprint density at radius 1 is 0.432 bits per heavy atom. The molecule has 172 valence electrons. The second-order valence-electron chi connectivity index (χ2n) is 8.60. The Hall–Kier alpha value is -4.88. The van der Waals surface area contributed by atoms with Crippen LogP contribution in [0.1, 0.15) is 19.2 Å². The molecule has 0 bridgehead atoms. The maximum atomic E-state index is 9.18. The predicted octanol–water partition coefficient (Wildman–Crippen LogP) is 10.4. The fraction of sp³-hybridized carbons (Fsp3) is 0. The summed E-state index contributed by atoms with van der Waals surface area (Å²) in [6.07, 6.45) is 0. The second-order valence-corrected chi connectivity index (χ2v) is 8.60. The maximum absolute atomic E-state index is 9.18. The first-order valence-corrected chi connectivity index (χ1v) is 11.6. The number of furan rings is 1. The summed E-state index contributed by atoms with van der Waals surface area (Å²) in [7, 11) is 0. The SMILES string of the molecule is [2H]c1c([2H])c([2H])c2c(oc3c(-c4c5ccccc5c(-c5c([2H])c([2H])c([2H])c6c([2H])c([2H])c([2H])c([2H])c56)c5ccccc45)c([2H])c([2H])c([2H])c32)c1[2H]. The summed E-state index contributed by atoms with van der Waals surface area (Å²) in [5.41, 5.74) is 0.469. The van der Waals surface area contributed by atoms with Crippen LogP contribution in [-0.4, -0.2) is 0 Å². The molecular weight excluding hydrogens is 448 g/mol. The van der Waals surface area contributed by atoms with E-state index in [0.29, 0.717) is 32.7 Å². The van der Waals surface area contributed by atoms with E-state index >= 15 is 0 Å². The van der Waals surface area contributed by atoms with Gasteiger partial charge in [-0.1, -0.05) is 127 Å². The van der Waals surface area contributed by atoms with Crippen LogP contribution in [0.4, 0.5) is 0 Å². The van der Waals surface area contributed by atoms with Crippen molar-refractivity contribution in [2.45, 2.75) is 0 Å². The molecule has 1 aromatic heterocycles. The van der Waals surface area contributed by atoms with Crippen LogP contribution in [0.25, 0.3) is 76.5 Å². The summed E-state index contributed by atoms with van der Waals surface area (Å²) < 4.78 is 127. The molecule has 0 radical (unpaired) electrons. The molecule has 7 aromatic carbocycles. The third-order valence-electron chi connectivity index (χ3n) is 6.68. The average molecular weight is 485 g/mol. The Morgan fingerprint density at radius 3 is 1.68 bits per heavy atom. The Labute approximate surface area is 233 Å². The minimum Gasteiger partial charge on any atom is -0.455 e. The van der Waals surface area contributed by atoms with Gasteiger partial charge in [-0.05, 0) is 49.5 Å². The van der Waals surface area contributed by atoms with Crippen molar-refractivity contribution in [1.29, 1.82) is 0 Å². The monoisotopic (exact) mass is 484 g/mol. The molecule has 1 heteroatoms. The van der Waals surface area contributed by atoms with Crippen molar-refractivity contribution < 1.29 is 23.6 Å². The number of hydrogen-bond acceptors (Lipinski definition) is 1. The summed E-state index contributed by atoms with van der Waals surface area (Å²) in [5, 5.41) is 1.37. The molecule has 0 fully saturated rings. The quantitative estimate of drug-likeness (QED) is 0.222. The van der Waals surface area contributed by atoms with Crippen molar-refractivity contribution in [3.05, 3.63) is 133 Å². The molecule has 0 amide bonds. The predicted molar refractivity (Wildman–Crippen MR) is 157 cm³/mol. The van der Waals surface area contributed by atoms with Gasteiger partial charge in [-0.25, -0.2) is 0 Å². The zero-order valence-electron chi connectivity index (χ0n) is 33.0. The lowest BCUT2D eigenvalue weighted by atomic mass is 9.84. The van der Waals surface area contributed by atoms with E-state index in [9.17, 15) is 1.37 Å². The lowest BCUT2D eigenvalue weighted by molar-refractivity contribution is 0.670. The van der Waals surface area contributed by atoms with Crippen LogP contribution >= 0.6 is 0 Å². The summed E-state index contributed by atoms with van der Waals surface area (Å²) in [4.78, 5) is 0. The van der Waals surface area contributed by atoms with Gasteiger partial charge in [0.2, 0.25) is 0 Å². The van der Waals surface area contributed by atoms with Gasteiger partial charge in [-0.2, -0.15) is 0 Å². The normalized spacial score (nSPS) is 17.1. The highest BCUT2D eigenvalue weighted by Crippen LogP contribution is 2.47. The number of para-hydroxylation sites is 2. The number of hydrogen-bond donors (Lipinski definition) is 0. The van der Waals surface area contributed by atoms with Crippen molar-refractivity contribution in [3.63, 3.8) is 0 Å². The fourth-order valence-electron chi connectivity index (χ4n) is 5.17. The summed E-state index contributed by atoms with van der Waals surface area (Å²) >= 11 is 0. The highest BCUT2D eigenvalue weighted by molar-refractivity contribution is 6.25. The molecule has 1 heterocycles. The molecule has 0 unspecified atom stereocenters. The molecule has 0 saturated heterocycles. The van der Waals surface area contributed by atoms with Crippen LogP contribution in [0.3, 0.4) is 0 Å². The van der Waals surface area contributed by atoms with Gasteiger partial charge in [0.05, 0.1) is 19.2 Å². The van der Waals surface area contributed by atoms with Crippen molar-refractivity contribution in [3.8, 4) is 22.3 Å². The molecule has 8 rings (SSSR count). The van der Waals surface area contributed by atoms with E-state index in [1.807, 2.05) is 0 Å². The number of fused-ring (bicyclic) bond motifs is 6. The van der Waals surface area contributed by atoms with Crippen LogP contribution in [-0.2, 0) is 0 Å². The molecule has 0 saturated carbocycles. The second kappa shape index (κ2) is 7.81. The first-order chi connectivity index (χ1) is 24.2. The lowest BCUT2D eigenvalue weighted by Crippen LogP contribution is -1.91. The zero-order chi connectivity index (χ0) is 36.5. The molecule has 0 aliphatic rings. The molecule has 8 aromatic rings. The van der Waals surface area contributed by atoms with Crippen molar-refractivity contribution in [1.82, 2.24) is 0 Å². The molecule has 0 aliphatic carbocycles. The largest absolute Gasteiger partial charge is 0.455 e. The minimum atomic E-state index is -0.572. The summed E-state index contributed by atoms with van der Waals surface area (Å²) in [6, 6.07) is 6.89. The van der Waals surface area contributed by atoms with Gasteiger partial charge >= 0.3 is 0 Å². The van der Waals surface area contributed by atoms with E-state index in [4.69, 9.17) is 22.2 Å². The van der Waals surface area contributed by atoms with Crippen LogP contribution in [0.2, 0.25) is 0 Å². The molecule has 0 N–H and O–H groups in total. The topological polar surface area (TPSA) is 13.1 Å². The van der Waals surface area contributed by atoms with Crippen LogP contribution < -0.4 is 0 Å². The van der Waals surface area contributed by atoms with Crippen LogP contribution in [0.15, 0.2) is 138 Å². The van der Waals surface area contributed by atoms with Gasteiger partial charge in [0, 0.05) is 21.9 Å². The van der Waals surface area contributed by atoms with E-state index < -0.39 is 84.6 Å². The molecule has 0 aliphatic heterocycles. The van der Waals surface area contributed by atoms with Crippen molar-refractivity contribution >= 4 is 54.3 Å². The van der Waals surface area contributed by atoms with Gasteiger partial charge < -0.3 is 4.42 Å². The molecule has 0 atom stereocenters. The third-order valence-corrected chi connectivity index (χ3v) is 6.68. The smallest absolute Gasteiger partial charge is 0.143 e. The van der Waals surface area contributed by atoms with Gasteiger partial charge in [0.15, 0.2) is 0 Å². The highest BCUT2D eigenvalue weighted by Gasteiger charge is 2.20. The lowest BCUT2D eigenvalue weighted by Gasteiger charge is -2.18. The van der Waals surface area contributed by atoms with Crippen molar-refractivity contribution in [2.75, 3.05) is 0 Å². The summed E-state index contributed by atoms with van der Waals surface area (Å²) in [6.45, 7) is 0. The Bertz CT molecular complexity index is 2850. The average Bonchev–Trinajstić information content (AvgIpc) is 3.53. The Balaban J connectivity index is 1.64. The molecule has 1 nitrogen and oxygen atoms in total. The Kier molecular flexibility index (Phi) is 2.33. The fourth-order valence-corrected chi connectivity index (χ4v) is 5.17. The molecular formula is C36H22O. The minimum absolute atomic E-state index is 0.0169. The summed E-state index contributed by atoms with van der Waals surface area (Å²) in [5.74, 6) is 0. The first-order valence-electron chi connectivity index (χ1n) is 18.6. The van der Waals surface area contributed by atoms with E-state index in [-0.39, 0.29) is 43.8 Å². The van der Waals surface area contributed by atoms with E-state index in [1.54, 1.807) is 48.5 Å². The van der Waals surface area contributed by atoms with Crippen LogP contribution in [0.5, 0.6) is 0 Å². The third kappa shape index (κ3) is 2.92. The molecule has 37 heavy (non-hydrogen) atoms. The van der Waals surface area contributed by atoms with Crippen LogP contribution in [0, 0.1) is 0 Å².